The van der Waals surface area contributed by atoms with E-state index in [1.165, 1.54) is 25.9 Å². The molecule has 2 aromatic carbocycles. The number of ketones is 1. The zero-order valence-corrected chi connectivity index (χ0v) is 16.0. The SMILES string of the molecule is CCCOc1ccc2c(c1OCCCN1CCCC1)C(=O)c1ccccc1-2. The topological polar surface area (TPSA) is 38.8 Å². The number of benzene rings is 2. The van der Waals surface area contributed by atoms with E-state index in [-0.39, 0.29) is 5.78 Å². The highest BCUT2D eigenvalue weighted by Gasteiger charge is 2.31. The fourth-order valence-corrected chi connectivity index (χ4v) is 4.00. The van der Waals surface area contributed by atoms with E-state index in [4.69, 9.17) is 9.47 Å². The van der Waals surface area contributed by atoms with Crippen molar-refractivity contribution in [2.24, 2.45) is 0 Å². The molecular formula is C23H27NO3. The summed E-state index contributed by atoms with van der Waals surface area (Å²) in [5, 5.41) is 0. The number of likely N-dealkylation sites (tertiary alicyclic amines) is 1. The van der Waals surface area contributed by atoms with Crippen molar-refractivity contribution in [3.05, 3.63) is 47.5 Å². The monoisotopic (exact) mass is 365 g/mol. The van der Waals surface area contributed by atoms with Crippen LogP contribution in [0.15, 0.2) is 36.4 Å². The molecule has 0 radical (unpaired) electrons. The van der Waals surface area contributed by atoms with Crippen molar-refractivity contribution < 1.29 is 14.3 Å². The van der Waals surface area contributed by atoms with Gasteiger partial charge in [-0.3, -0.25) is 4.79 Å². The number of nitrogens with zero attached hydrogens (tertiary/aromatic N) is 1. The number of carbonyl (C=O) groups excluding carboxylic acids is 1. The second-order valence-corrected chi connectivity index (χ2v) is 7.29. The number of hydrogen-bond acceptors (Lipinski definition) is 4. The zero-order chi connectivity index (χ0) is 18.6. The first-order chi connectivity index (χ1) is 13.3. The minimum absolute atomic E-state index is 0.0390. The van der Waals surface area contributed by atoms with Crippen LogP contribution < -0.4 is 9.47 Å². The summed E-state index contributed by atoms with van der Waals surface area (Å²) in [5.41, 5.74) is 3.35. The van der Waals surface area contributed by atoms with Gasteiger partial charge in [-0.15, -0.1) is 0 Å². The first kappa shape index (κ1) is 18.1. The van der Waals surface area contributed by atoms with Crippen molar-refractivity contribution >= 4 is 5.78 Å². The number of carbonyl (C=O) groups is 1. The van der Waals surface area contributed by atoms with Crippen LogP contribution in [-0.4, -0.2) is 43.5 Å². The maximum atomic E-state index is 13.0. The average molecular weight is 365 g/mol. The van der Waals surface area contributed by atoms with Crippen LogP contribution in [0.5, 0.6) is 11.5 Å². The largest absolute Gasteiger partial charge is 0.490 e. The van der Waals surface area contributed by atoms with Gasteiger partial charge in [0.15, 0.2) is 17.3 Å². The molecule has 4 heteroatoms. The van der Waals surface area contributed by atoms with E-state index in [0.29, 0.717) is 30.3 Å². The lowest BCUT2D eigenvalue weighted by molar-refractivity contribution is 0.103. The van der Waals surface area contributed by atoms with Gasteiger partial charge in [-0.25, -0.2) is 0 Å². The Bertz CT molecular complexity index is 824. The van der Waals surface area contributed by atoms with Gasteiger partial charge >= 0.3 is 0 Å². The normalized spacial score (nSPS) is 15.7. The molecule has 0 saturated carbocycles. The molecule has 0 atom stereocenters. The Balaban J connectivity index is 1.57. The minimum Gasteiger partial charge on any atom is -0.490 e. The summed E-state index contributed by atoms with van der Waals surface area (Å²) in [6.45, 7) is 6.72. The van der Waals surface area contributed by atoms with Gasteiger partial charge in [-0.05, 0) is 62.0 Å². The molecule has 1 fully saturated rings. The zero-order valence-electron chi connectivity index (χ0n) is 16.0. The Hall–Kier alpha value is -2.33. The number of ether oxygens (including phenoxy) is 2. The van der Waals surface area contributed by atoms with Gasteiger partial charge in [-0.1, -0.05) is 31.2 Å². The molecule has 0 bridgehead atoms. The van der Waals surface area contributed by atoms with Crippen molar-refractivity contribution in [3.63, 3.8) is 0 Å². The summed E-state index contributed by atoms with van der Waals surface area (Å²) in [4.78, 5) is 15.5. The molecule has 1 aliphatic heterocycles. The van der Waals surface area contributed by atoms with Crippen molar-refractivity contribution in [1.29, 1.82) is 0 Å². The minimum atomic E-state index is 0.0390. The van der Waals surface area contributed by atoms with Crippen LogP contribution in [0.1, 0.15) is 48.5 Å². The van der Waals surface area contributed by atoms with E-state index < -0.39 is 0 Å². The third-order valence-corrected chi connectivity index (χ3v) is 5.34. The summed E-state index contributed by atoms with van der Waals surface area (Å²) in [6, 6.07) is 11.7. The standard InChI is InChI=1S/C23H27NO3/c1-2-15-26-20-11-10-18-17-8-3-4-9-19(17)22(25)21(18)23(20)27-16-7-14-24-12-5-6-13-24/h3-4,8-11H,2,5-7,12-16H2,1H3. The smallest absolute Gasteiger partial charge is 0.198 e. The first-order valence-electron chi connectivity index (χ1n) is 10.1. The second-order valence-electron chi connectivity index (χ2n) is 7.29. The van der Waals surface area contributed by atoms with Crippen LogP contribution in [0.4, 0.5) is 0 Å². The Morgan fingerprint density at radius 2 is 1.70 bits per heavy atom. The number of fused-ring (bicyclic) bond motifs is 3. The summed E-state index contributed by atoms with van der Waals surface area (Å²) < 4.78 is 12.1. The fourth-order valence-electron chi connectivity index (χ4n) is 4.00. The predicted molar refractivity (Wildman–Crippen MR) is 107 cm³/mol. The molecule has 142 valence electrons. The highest BCUT2D eigenvalue weighted by Crippen LogP contribution is 2.45. The van der Waals surface area contributed by atoms with Crippen molar-refractivity contribution in [2.45, 2.75) is 32.6 Å². The molecule has 0 N–H and O–H groups in total. The Labute approximate surface area is 161 Å². The van der Waals surface area contributed by atoms with E-state index in [1.807, 2.05) is 36.4 Å². The van der Waals surface area contributed by atoms with E-state index in [9.17, 15) is 4.79 Å². The molecular weight excluding hydrogens is 338 g/mol. The van der Waals surface area contributed by atoms with Gasteiger partial charge in [0.05, 0.1) is 18.8 Å². The van der Waals surface area contributed by atoms with E-state index in [0.717, 1.165) is 36.1 Å². The predicted octanol–water partition coefficient (Wildman–Crippen LogP) is 4.55. The lowest BCUT2D eigenvalue weighted by atomic mass is 10.0. The van der Waals surface area contributed by atoms with E-state index in [2.05, 4.69) is 11.8 Å². The molecule has 0 spiro atoms. The first-order valence-corrected chi connectivity index (χ1v) is 10.1. The molecule has 0 unspecified atom stereocenters. The molecule has 27 heavy (non-hydrogen) atoms. The maximum Gasteiger partial charge on any atom is 0.198 e. The van der Waals surface area contributed by atoms with Crippen molar-refractivity contribution in [3.8, 4) is 22.6 Å². The van der Waals surface area contributed by atoms with Crippen LogP contribution in [-0.2, 0) is 0 Å². The quantitative estimate of drug-likeness (QED) is 0.549. The number of rotatable bonds is 8. The van der Waals surface area contributed by atoms with Crippen molar-refractivity contribution in [2.75, 3.05) is 32.8 Å². The summed E-state index contributed by atoms with van der Waals surface area (Å²) in [6.07, 6.45) is 4.47. The van der Waals surface area contributed by atoms with Crippen LogP contribution >= 0.6 is 0 Å². The molecule has 1 saturated heterocycles. The van der Waals surface area contributed by atoms with Crippen LogP contribution in [0.3, 0.4) is 0 Å². The molecule has 4 nitrogen and oxygen atoms in total. The molecule has 0 amide bonds. The highest BCUT2D eigenvalue weighted by molar-refractivity contribution is 6.23. The lowest BCUT2D eigenvalue weighted by Crippen LogP contribution is -2.22. The third kappa shape index (κ3) is 3.59. The van der Waals surface area contributed by atoms with E-state index in [1.54, 1.807) is 0 Å². The Morgan fingerprint density at radius 1 is 0.926 bits per heavy atom. The second kappa shape index (κ2) is 8.13. The fraction of sp³-hybridized carbons (Fsp3) is 0.435. The van der Waals surface area contributed by atoms with Gasteiger partial charge in [0.1, 0.15) is 0 Å². The van der Waals surface area contributed by atoms with Crippen LogP contribution in [0.2, 0.25) is 0 Å². The Morgan fingerprint density at radius 3 is 2.48 bits per heavy atom. The highest BCUT2D eigenvalue weighted by atomic mass is 16.5. The molecule has 4 rings (SSSR count). The van der Waals surface area contributed by atoms with E-state index >= 15 is 0 Å². The van der Waals surface area contributed by atoms with Crippen molar-refractivity contribution in [1.82, 2.24) is 4.90 Å². The summed E-state index contributed by atoms with van der Waals surface area (Å²) in [7, 11) is 0. The molecule has 2 aliphatic rings. The summed E-state index contributed by atoms with van der Waals surface area (Å²) in [5.74, 6) is 1.33. The van der Waals surface area contributed by atoms with Gasteiger partial charge in [0.25, 0.3) is 0 Å². The molecule has 0 aromatic heterocycles. The number of hydrogen-bond donors (Lipinski definition) is 0. The van der Waals surface area contributed by atoms with Crippen LogP contribution in [0, 0.1) is 0 Å². The van der Waals surface area contributed by atoms with Gasteiger partial charge < -0.3 is 14.4 Å². The third-order valence-electron chi connectivity index (χ3n) is 5.34. The molecule has 2 aromatic rings. The average Bonchev–Trinajstić information content (AvgIpc) is 3.31. The molecule has 1 aliphatic carbocycles. The Kier molecular flexibility index (Phi) is 5.44. The van der Waals surface area contributed by atoms with Gasteiger partial charge in [0.2, 0.25) is 0 Å². The summed E-state index contributed by atoms with van der Waals surface area (Å²) >= 11 is 0. The lowest BCUT2D eigenvalue weighted by Gasteiger charge is -2.17. The van der Waals surface area contributed by atoms with Gasteiger partial charge in [0, 0.05) is 12.1 Å². The molecule has 1 heterocycles. The maximum absolute atomic E-state index is 13.0. The van der Waals surface area contributed by atoms with Gasteiger partial charge in [-0.2, -0.15) is 0 Å². The van der Waals surface area contributed by atoms with Crippen LogP contribution in [0.25, 0.3) is 11.1 Å².